The van der Waals surface area contributed by atoms with Crippen molar-refractivity contribution in [2.24, 2.45) is 0 Å². The van der Waals surface area contributed by atoms with E-state index < -0.39 is 0 Å². The Morgan fingerprint density at radius 2 is 2.41 bits per heavy atom. The molecule has 2 aromatic rings. The van der Waals surface area contributed by atoms with Gasteiger partial charge in [-0.2, -0.15) is 0 Å². The number of halogens is 1. The molecule has 17 heavy (non-hydrogen) atoms. The number of amides is 1. The number of benzene rings is 1. The van der Waals surface area contributed by atoms with Gasteiger partial charge in [0.15, 0.2) is 5.13 Å². The second-order valence-corrected chi connectivity index (χ2v) is 4.78. The summed E-state index contributed by atoms with van der Waals surface area (Å²) >= 11 is 7.26. The zero-order valence-corrected chi connectivity index (χ0v) is 10.8. The number of thiazole rings is 1. The van der Waals surface area contributed by atoms with Gasteiger partial charge in [-0.3, -0.25) is 10.1 Å². The van der Waals surface area contributed by atoms with Crippen LogP contribution in [0.3, 0.4) is 0 Å². The van der Waals surface area contributed by atoms with E-state index in [-0.39, 0.29) is 12.5 Å². The highest BCUT2D eigenvalue weighted by atomic mass is 35.5. The van der Waals surface area contributed by atoms with E-state index in [1.165, 1.54) is 11.3 Å². The number of aromatic nitrogens is 1. The van der Waals surface area contributed by atoms with Crippen molar-refractivity contribution in [3.63, 3.8) is 0 Å². The first-order valence-corrected chi connectivity index (χ1v) is 6.32. The highest BCUT2D eigenvalue weighted by molar-refractivity contribution is 7.22. The van der Waals surface area contributed by atoms with Crippen molar-refractivity contribution < 1.29 is 9.53 Å². The van der Waals surface area contributed by atoms with Crippen LogP contribution in [0.1, 0.15) is 6.92 Å². The monoisotopic (exact) mass is 270 g/mol. The summed E-state index contributed by atoms with van der Waals surface area (Å²) in [6, 6.07) is 5.43. The van der Waals surface area contributed by atoms with Crippen LogP contribution in [0.5, 0.6) is 0 Å². The van der Waals surface area contributed by atoms with Crippen molar-refractivity contribution in [3.05, 3.63) is 23.2 Å². The van der Waals surface area contributed by atoms with Crippen LogP contribution >= 0.6 is 22.9 Å². The van der Waals surface area contributed by atoms with Crippen molar-refractivity contribution in [1.29, 1.82) is 0 Å². The van der Waals surface area contributed by atoms with Gasteiger partial charge in [-0.1, -0.05) is 22.9 Å². The maximum atomic E-state index is 11.4. The molecule has 1 amide bonds. The molecule has 4 nitrogen and oxygen atoms in total. The Hall–Kier alpha value is -1.17. The fourth-order valence-electron chi connectivity index (χ4n) is 1.30. The molecule has 0 aliphatic rings. The predicted octanol–water partition coefficient (Wildman–Crippen LogP) is 2.92. The Bertz CT molecular complexity index is 541. The summed E-state index contributed by atoms with van der Waals surface area (Å²) in [6.45, 7) is 2.41. The van der Waals surface area contributed by atoms with E-state index in [2.05, 4.69) is 10.3 Å². The van der Waals surface area contributed by atoms with Gasteiger partial charge in [0.2, 0.25) is 0 Å². The number of nitrogens with one attached hydrogen (secondary N) is 1. The maximum Gasteiger partial charge on any atom is 0.252 e. The van der Waals surface area contributed by atoms with E-state index in [1.807, 2.05) is 19.1 Å². The highest BCUT2D eigenvalue weighted by Crippen LogP contribution is 2.28. The smallest absolute Gasteiger partial charge is 0.252 e. The van der Waals surface area contributed by atoms with Crippen molar-refractivity contribution in [3.8, 4) is 0 Å². The lowest BCUT2D eigenvalue weighted by Gasteiger charge is -2.00. The van der Waals surface area contributed by atoms with Gasteiger partial charge in [0.05, 0.1) is 10.2 Å². The number of hydrogen-bond acceptors (Lipinski definition) is 4. The Morgan fingerprint density at radius 1 is 1.59 bits per heavy atom. The van der Waals surface area contributed by atoms with E-state index in [0.717, 1.165) is 10.2 Å². The lowest BCUT2D eigenvalue weighted by atomic mass is 10.3. The summed E-state index contributed by atoms with van der Waals surface area (Å²) in [6.07, 6.45) is 0. The van der Waals surface area contributed by atoms with Crippen LogP contribution in [0, 0.1) is 0 Å². The van der Waals surface area contributed by atoms with Crippen LogP contribution in [0.25, 0.3) is 10.2 Å². The van der Waals surface area contributed by atoms with Crippen LogP contribution in [-0.2, 0) is 9.53 Å². The summed E-state index contributed by atoms with van der Waals surface area (Å²) in [5.41, 5.74) is 0.825. The Balaban J connectivity index is 2.11. The standard InChI is InChI=1S/C11H11ClN2O2S/c1-2-16-6-10(15)14-11-13-8-4-3-7(12)5-9(8)17-11/h3-5H,2,6H2,1H3,(H,13,14,15). The van der Waals surface area contributed by atoms with Gasteiger partial charge in [0.25, 0.3) is 5.91 Å². The number of anilines is 1. The summed E-state index contributed by atoms with van der Waals surface area (Å²) in [4.78, 5) is 15.7. The van der Waals surface area contributed by atoms with Crippen LogP contribution in [0.4, 0.5) is 5.13 Å². The molecule has 1 heterocycles. The maximum absolute atomic E-state index is 11.4. The first kappa shape index (κ1) is 12.3. The lowest BCUT2D eigenvalue weighted by molar-refractivity contribution is -0.120. The van der Waals surface area contributed by atoms with Crippen molar-refractivity contribution in [2.75, 3.05) is 18.5 Å². The fraction of sp³-hybridized carbons (Fsp3) is 0.273. The molecule has 1 N–H and O–H groups in total. The number of fused-ring (bicyclic) bond motifs is 1. The number of ether oxygens (including phenoxy) is 1. The van der Waals surface area contributed by atoms with Gasteiger partial charge in [0, 0.05) is 11.6 Å². The van der Waals surface area contributed by atoms with Crippen LogP contribution in [0.15, 0.2) is 18.2 Å². The molecule has 0 saturated carbocycles. The van der Waals surface area contributed by atoms with E-state index >= 15 is 0 Å². The molecule has 0 fully saturated rings. The SMILES string of the molecule is CCOCC(=O)Nc1nc2ccc(Cl)cc2s1. The van der Waals surface area contributed by atoms with Crippen molar-refractivity contribution in [2.45, 2.75) is 6.92 Å². The zero-order chi connectivity index (χ0) is 12.3. The highest BCUT2D eigenvalue weighted by Gasteiger charge is 2.07. The Labute approximate surface area is 108 Å². The summed E-state index contributed by atoms with van der Waals surface area (Å²) < 4.78 is 5.95. The predicted molar refractivity (Wildman–Crippen MR) is 69.8 cm³/mol. The first-order valence-electron chi connectivity index (χ1n) is 5.12. The summed E-state index contributed by atoms with van der Waals surface area (Å²) in [5, 5.41) is 3.91. The van der Waals surface area contributed by atoms with Gasteiger partial charge in [-0.15, -0.1) is 0 Å². The average molecular weight is 271 g/mol. The van der Waals surface area contributed by atoms with Gasteiger partial charge >= 0.3 is 0 Å². The van der Waals surface area contributed by atoms with Crippen LogP contribution in [-0.4, -0.2) is 24.1 Å². The van der Waals surface area contributed by atoms with E-state index in [4.69, 9.17) is 16.3 Å². The summed E-state index contributed by atoms with van der Waals surface area (Å²) in [5.74, 6) is -0.197. The fourth-order valence-corrected chi connectivity index (χ4v) is 2.46. The number of rotatable bonds is 4. The van der Waals surface area contributed by atoms with Gasteiger partial charge < -0.3 is 4.74 Å². The molecule has 2 rings (SSSR count). The second-order valence-electron chi connectivity index (χ2n) is 3.32. The molecule has 0 unspecified atom stereocenters. The van der Waals surface area contributed by atoms with Gasteiger partial charge in [0.1, 0.15) is 6.61 Å². The van der Waals surface area contributed by atoms with Crippen LogP contribution in [0.2, 0.25) is 5.02 Å². The molecule has 0 atom stereocenters. The average Bonchev–Trinajstić information content (AvgIpc) is 2.67. The molecular weight excluding hydrogens is 260 g/mol. The Kier molecular flexibility index (Phi) is 3.93. The molecule has 1 aromatic heterocycles. The molecule has 0 aliphatic carbocycles. The third-order valence-electron chi connectivity index (χ3n) is 2.03. The third-order valence-corrected chi connectivity index (χ3v) is 3.20. The number of carbonyl (C=O) groups excluding carboxylic acids is 1. The molecule has 0 aliphatic heterocycles. The third kappa shape index (κ3) is 3.15. The lowest BCUT2D eigenvalue weighted by Crippen LogP contribution is -2.17. The minimum Gasteiger partial charge on any atom is -0.372 e. The number of hydrogen-bond donors (Lipinski definition) is 1. The molecule has 1 aromatic carbocycles. The molecule has 0 radical (unpaired) electrons. The molecule has 90 valence electrons. The number of nitrogens with zero attached hydrogens (tertiary/aromatic N) is 1. The van der Waals surface area contributed by atoms with E-state index in [0.29, 0.717) is 16.8 Å². The van der Waals surface area contributed by atoms with Gasteiger partial charge in [-0.25, -0.2) is 4.98 Å². The first-order chi connectivity index (χ1) is 8.19. The van der Waals surface area contributed by atoms with Crippen molar-refractivity contribution in [1.82, 2.24) is 4.98 Å². The Morgan fingerprint density at radius 3 is 3.18 bits per heavy atom. The second kappa shape index (κ2) is 5.44. The minimum atomic E-state index is -0.197. The normalized spacial score (nSPS) is 10.7. The largest absolute Gasteiger partial charge is 0.372 e. The zero-order valence-electron chi connectivity index (χ0n) is 9.20. The van der Waals surface area contributed by atoms with Crippen LogP contribution < -0.4 is 5.32 Å². The molecule has 6 heteroatoms. The summed E-state index contributed by atoms with van der Waals surface area (Å²) in [7, 11) is 0. The molecule has 0 spiro atoms. The molecular formula is C11H11ClN2O2S. The number of carbonyl (C=O) groups is 1. The van der Waals surface area contributed by atoms with Gasteiger partial charge in [-0.05, 0) is 25.1 Å². The van der Waals surface area contributed by atoms with Crippen molar-refractivity contribution >= 4 is 44.2 Å². The topological polar surface area (TPSA) is 51.2 Å². The minimum absolute atomic E-state index is 0.0488. The van der Waals surface area contributed by atoms with E-state index in [9.17, 15) is 4.79 Å². The quantitative estimate of drug-likeness (QED) is 0.929. The molecule has 0 saturated heterocycles. The molecule has 0 bridgehead atoms. The van der Waals surface area contributed by atoms with E-state index in [1.54, 1.807) is 6.07 Å².